The van der Waals surface area contributed by atoms with Gasteiger partial charge in [-0.25, -0.2) is 4.68 Å². The summed E-state index contributed by atoms with van der Waals surface area (Å²) >= 11 is 0. The average molecular weight is 447 g/mol. The minimum atomic E-state index is -4.56. The van der Waals surface area contributed by atoms with E-state index in [2.05, 4.69) is 20.7 Å². The van der Waals surface area contributed by atoms with Gasteiger partial charge in [0.15, 0.2) is 0 Å². The zero-order valence-electron chi connectivity index (χ0n) is 16.7. The minimum absolute atomic E-state index is 0.143. The Balaban J connectivity index is 1.86. The summed E-state index contributed by atoms with van der Waals surface area (Å²) in [5, 5.41) is 18.0. The van der Waals surface area contributed by atoms with Gasteiger partial charge in [-0.15, -0.1) is 0 Å². The van der Waals surface area contributed by atoms with E-state index < -0.39 is 37.2 Å². The first kappa shape index (κ1) is 22.9. The fraction of sp³-hybridized carbons (Fsp3) is 0.238. The summed E-state index contributed by atoms with van der Waals surface area (Å²) in [5.41, 5.74) is 1.51. The van der Waals surface area contributed by atoms with Gasteiger partial charge in [0.05, 0.1) is 18.3 Å². The third-order valence-electron chi connectivity index (χ3n) is 4.44. The molecule has 8 nitrogen and oxygen atoms in total. The van der Waals surface area contributed by atoms with E-state index in [9.17, 15) is 22.8 Å². The molecule has 0 unspecified atom stereocenters. The van der Waals surface area contributed by atoms with E-state index in [1.165, 1.54) is 18.5 Å². The minimum Gasteiger partial charge on any atom is -0.480 e. The highest BCUT2D eigenvalue weighted by molar-refractivity contribution is 5.95. The molecule has 3 rings (SSSR count). The van der Waals surface area contributed by atoms with Crippen molar-refractivity contribution in [1.82, 2.24) is 20.1 Å². The second-order valence-electron chi connectivity index (χ2n) is 6.93. The average Bonchev–Trinajstić information content (AvgIpc) is 3.12. The largest absolute Gasteiger partial charge is 0.480 e. The van der Waals surface area contributed by atoms with Crippen LogP contribution in [0.5, 0.6) is 0 Å². The number of rotatable bonds is 9. The van der Waals surface area contributed by atoms with Gasteiger partial charge < -0.3 is 10.4 Å². The number of aromatic nitrogens is 3. The Morgan fingerprint density at radius 1 is 1.09 bits per heavy atom. The number of anilines is 1. The molecular weight excluding hydrogens is 427 g/mol. The Hall–Kier alpha value is -3.73. The summed E-state index contributed by atoms with van der Waals surface area (Å²) in [6, 6.07) is 12.3. The van der Waals surface area contributed by atoms with Crippen molar-refractivity contribution < 1.29 is 27.9 Å². The molecule has 0 spiro atoms. The Labute approximate surface area is 181 Å². The van der Waals surface area contributed by atoms with E-state index in [1.807, 2.05) is 0 Å². The molecule has 0 fully saturated rings. The van der Waals surface area contributed by atoms with Crippen LogP contribution in [0.15, 0.2) is 60.9 Å². The van der Waals surface area contributed by atoms with Crippen molar-refractivity contribution in [3.05, 3.63) is 66.5 Å². The fourth-order valence-electron chi connectivity index (χ4n) is 3.00. The van der Waals surface area contributed by atoms with E-state index in [0.717, 1.165) is 5.56 Å². The molecule has 1 atom stereocenters. The predicted molar refractivity (Wildman–Crippen MR) is 110 cm³/mol. The monoisotopic (exact) mass is 447 g/mol. The molecule has 0 bridgehead atoms. The van der Waals surface area contributed by atoms with Gasteiger partial charge in [0.1, 0.15) is 12.4 Å². The number of aliphatic carboxylic acids is 1. The zero-order valence-corrected chi connectivity index (χ0v) is 16.7. The first-order valence-electron chi connectivity index (χ1n) is 9.56. The third kappa shape index (κ3) is 6.64. The van der Waals surface area contributed by atoms with Crippen LogP contribution in [0, 0.1) is 0 Å². The van der Waals surface area contributed by atoms with Gasteiger partial charge in [0.25, 0.3) is 0 Å². The van der Waals surface area contributed by atoms with Crippen LogP contribution in [0.3, 0.4) is 0 Å². The number of carbonyl (C=O) groups excluding carboxylic acids is 1. The molecule has 1 aromatic carbocycles. The molecule has 0 aliphatic rings. The Kier molecular flexibility index (Phi) is 7.21. The van der Waals surface area contributed by atoms with E-state index >= 15 is 0 Å². The lowest BCUT2D eigenvalue weighted by atomic mass is 10.1. The molecule has 2 heterocycles. The van der Waals surface area contributed by atoms with Crippen molar-refractivity contribution in [2.75, 3.05) is 11.9 Å². The van der Waals surface area contributed by atoms with E-state index in [0.29, 0.717) is 10.2 Å². The normalized spacial score (nSPS) is 12.3. The van der Waals surface area contributed by atoms with Gasteiger partial charge in [0.2, 0.25) is 5.91 Å². The summed E-state index contributed by atoms with van der Waals surface area (Å²) in [6.07, 6.45) is -1.47. The molecule has 0 saturated carbocycles. The van der Waals surface area contributed by atoms with Gasteiger partial charge in [-0.1, -0.05) is 30.3 Å². The number of hydrogen-bond donors (Lipinski definition) is 3. The summed E-state index contributed by atoms with van der Waals surface area (Å²) in [6.45, 7) is -1.89. The van der Waals surface area contributed by atoms with Gasteiger partial charge >= 0.3 is 12.1 Å². The number of carbonyl (C=O) groups is 2. The SMILES string of the molecule is O=C(O)CN[C@@H](Cc1ccccc1)C(=O)Nc1cc(-c2ccncc2)nn1CC(F)(F)F. The van der Waals surface area contributed by atoms with Crippen molar-refractivity contribution in [2.45, 2.75) is 25.2 Å². The summed E-state index contributed by atoms with van der Waals surface area (Å²) < 4.78 is 39.9. The Morgan fingerprint density at radius 3 is 2.41 bits per heavy atom. The number of hydrogen-bond acceptors (Lipinski definition) is 5. The van der Waals surface area contributed by atoms with E-state index in [1.54, 1.807) is 42.5 Å². The molecule has 11 heteroatoms. The number of halogens is 3. The predicted octanol–water partition coefficient (Wildman–Crippen LogP) is 2.73. The number of nitrogens with one attached hydrogen (secondary N) is 2. The molecule has 3 aromatic rings. The lowest BCUT2D eigenvalue weighted by molar-refractivity contribution is -0.142. The number of pyridine rings is 1. The first-order chi connectivity index (χ1) is 15.2. The first-order valence-corrected chi connectivity index (χ1v) is 9.56. The summed E-state index contributed by atoms with van der Waals surface area (Å²) in [4.78, 5) is 27.7. The molecule has 0 aliphatic carbocycles. The lowest BCUT2D eigenvalue weighted by Gasteiger charge is -2.18. The van der Waals surface area contributed by atoms with Crippen LogP contribution >= 0.6 is 0 Å². The van der Waals surface area contributed by atoms with Crippen molar-refractivity contribution in [1.29, 1.82) is 0 Å². The molecule has 168 valence electrons. The maximum atomic E-state index is 13.1. The number of carboxylic acid groups (broad SMARTS) is 1. The highest BCUT2D eigenvalue weighted by atomic mass is 19.4. The van der Waals surface area contributed by atoms with Crippen LogP contribution < -0.4 is 10.6 Å². The molecule has 1 amide bonds. The zero-order chi connectivity index (χ0) is 23.1. The lowest BCUT2D eigenvalue weighted by Crippen LogP contribution is -2.44. The van der Waals surface area contributed by atoms with Crippen LogP contribution in [0.2, 0.25) is 0 Å². The molecule has 0 radical (unpaired) electrons. The number of amides is 1. The molecule has 3 N–H and O–H groups in total. The van der Waals surface area contributed by atoms with Crippen molar-refractivity contribution in [2.24, 2.45) is 0 Å². The van der Waals surface area contributed by atoms with Gasteiger partial charge in [-0.2, -0.15) is 18.3 Å². The smallest absolute Gasteiger partial charge is 0.408 e. The quantitative estimate of drug-likeness (QED) is 0.466. The van der Waals surface area contributed by atoms with E-state index in [-0.39, 0.29) is 17.9 Å². The van der Waals surface area contributed by atoms with Crippen molar-refractivity contribution in [3.8, 4) is 11.3 Å². The van der Waals surface area contributed by atoms with Gasteiger partial charge in [-0.3, -0.25) is 19.9 Å². The number of benzene rings is 1. The van der Waals surface area contributed by atoms with Crippen LogP contribution in [-0.2, 0) is 22.6 Å². The summed E-state index contributed by atoms with van der Waals surface area (Å²) in [5.74, 6) is -2.01. The molecule has 0 saturated heterocycles. The molecule has 32 heavy (non-hydrogen) atoms. The van der Waals surface area contributed by atoms with Crippen LogP contribution in [0.25, 0.3) is 11.3 Å². The molecular formula is C21H20F3N5O3. The second kappa shape index (κ2) is 10.1. The number of alkyl halides is 3. The van der Waals surface area contributed by atoms with Crippen LogP contribution in [0.4, 0.5) is 19.0 Å². The Morgan fingerprint density at radius 2 is 1.78 bits per heavy atom. The van der Waals surface area contributed by atoms with Crippen LogP contribution in [0.1, 0.15) is 5.56 Å². The number of carboxylic acids is 1. The van der Waals surface area contributed by atoms with Crippen molar-refractivity contribution in [3.63, 3.8) is 0 Å². The maximum absolute atomic E-state index is 13.1. The van der Waals surface area contributed by atoms with Gasteiger partial charge in [-0.05, 0) is 24.1 Å². The maximum Gasteiger partial charge on any atom is 0.408 e. The molecule has 2 aromatic heterocycles. The second-order valence-corrected chi connectivity index (χ2v) is 6.93. The van der Waals surface area contributed by atoms with Gasteiger partial charge in [0, 0.05) is 24.0 Å². The molecule has 0 aliphatic heterocycles. The van der Waals surface area contributed by atoms with Crippen molar-refractivity contribution >= 4 is 17.7 Å². The standard InChI is InChI=1S/C21H20F3N5O3/c22-21(23,24)13-29-18(11-16(28-29)15-6-8-25-9-7-15)27-20(32)17(26-12-19(30)31)10-14-4-2-1-3-5-14/h1-9,11,17,26H,10,12-13H2,(H,27,32)(H,30,31)/t17-/m0/s1. The highest BCUT2D eigenvalue weighted by Gasteiger charge is 2.31. The third-order valence-corrected chi connectivity index (χ3v) is 4.44. The summed E-state index contributed by atoms with van der Waals surface area (Å²) in [7, 11) is 0. The Bertz CT molecular complexity index is 1060. The highest BCUT2D eigenvalue weighted by Crippen LogP contribution is 2.25. The fourth-order valence-corrected chi connectivity index (χ4v) is 3.00. The van der Waals surface area contributed by atoms with E-state index in [4.69, 9.17) is 5.11 Å². The van der Waals surface area contributed by atoms with Crippen LogP contribution in [-0.4, -0.2) is 50.5 Å². The topological polar surface area (TPSA) is 109 Å². The number of nitrogens with zero attached hydrogens (tertiary/aromatic N) is 3.